The largest absolute Gasteiger partial charge is 0.107 e. The lowest BCUT2D eigenvalue weighted by Gasteiger charge is -2.24. The molecule has 0 aromatic heterocycles. The molecule has 0 aromatic carbocycles. The normalized spacial score (nSPS) is 11.6. The van der Waals surface area contributed by atoms with Gasteiger partial charge in [0.2, 0.25) is 0 Å². The maximum absolute atomic E-state index is 4.18. The summed E-state index contributed by atoms with van der Waals surface area (Å²) in [6.45, 7) is 12.9. The van der Waals surface area contributed by atoms with Crippen LogP contribution in [-0.4, -0.2) is 8.07 Å². The van der Waals surface area contributed by atoms with Crippen molar-refractivity contribution in [3.05, 3.63) is 24.6 Å². The fourth-order valence-electron chi connectivity index (χ4n) is 3.62. The van der Waals surface area contributed by atoms with Crippen LogP contribution in [0.1, 0.15) is 110 Å². The molecule has 0 aromatic rings. The van der Waals surface area contributed by atoms with E-state index in [1.54, 1.807) is 0 Å². The van der Waals surface area contributed by atoms with E-state index in [4.69, 9.17) is 0 Å². The maximum atomic E-state index is 4.18. The van der Waals surface area contributed by atoms with Gasteiger partial charge in [0.1, 0.15) is 8.07 Å². The van der Waals surface area contributed by atoms with Crippen LogP contribution in [0.2, 0.25) is 12.1 Å². The molecular weight excluding hydrogens is 304 g/mol. The summed E-state index contributed by atoms with van der Waals surface area (Å²) in [5.41, 5.74) is 4.64. The van der Waals surface area contributed by atoms with Gasteiger partial charge in [-0.25, -0.2) is 0 Å². The molecule has 0 fully saturated rings. The summed E-state index contributed by atoms with van der Waals surface area (Å²) >= 11 is 0. The third-order valence-electron chi connectivity index (χ3n) is 5.55. The summed E-state index contributed by atoms with van der Waals surface area (Å²) in [6, 6.07) is 2.79. The molecule has 0 rings (SSSR count). The monoisotopic (exact) mass is 350 g/mol. The minimum absolute atomic E-state index is 1.35. The summed E-state index contributed by atoms with van der Waals surface area (Å²) < 4.78 is 0. The van der Waals surface area contributed by atoms with Crippen LogP contribution in [0.5, 0.6) is 0 Å². The fourth-order valence-corrected chi connectivity index (χ4v) is 6.67. The Bertz CT molecular complexity index is 274. The van der Waals surface area contributed by atoms with Crippen molar-refractivity contribution < 1.29 is 0 Å². The third kappa shape index (κ3) is 13.0. The summed E-state index contributed by atoms with van der Waals surface area (Å²) in [6.07, 6.45) is 21.2. The van der Waals surface area contributed by atoms with E-state index in [1.807, 2.05) is 0 Å². The molecule has 142 valence electrons. The molecule has 0 saturated heterocycles. The van der Waals surface area contributed by atoms with Crippen LogP contribution < -0.4 is 0 Å². The van der Waals surface area contributed by atoms with E-state index >= 15 is 0 Å². The van der Waals surface area contributed by atoms with Crippen LogP contribution in [0.4, 0.5) is 0 Å². The van der Waals surface area contributed by atoms with Gasteiger partial charge in [0, 0.05) is 0 Å². The minimum atomic E-state index is -1.37. The van der Waals surface area contributed by atoms with Gasteiger partial charge in [-0.3, -0.25) is 0 Å². The molecular formula is C23H46Si. The molecule has 0 N–H and O–H groups in total. The zero-order valence-corrected chi connectivity index (χ0v) is 18.1. The van der Waals surface area contributed by atoms with Crippen molar-refractivity contribution in [1.82, 2.24) is 0 Å². The van der Waals surface area contributed by atoms with Gasteiger partial charge >= 0.3 is 0 Å². The Morgan fingerprint density at radius 1 is 0.500 bits per heavy atom. The van der Waals surface area contributed by atoms with Gasteiger partial charge in [-0.1, -0.05) is 134 Å². The second-order valence-electron chi connectivity index (χ2n) is 7.74. The summed E-state index contributed by atoms with van der Waals surface area (Å²) in [5.74, 6) is 0. The quantitative estimate of drug-likeness (QED) is 0.161. The topological polar surface area (TPSA) is 0 Å². The minimum Gasteiger partial charge on any atom is -0.107 e. The fraction of sp³-hybridized carbons (Fsp3) is 0.826. The Morgan fingerprint density at radius 2 is 0.792 bits per heavy atom. The Hall–Kier alpha value is -0.303. The first-order valence-corrected chi connectivity index (χ1v) is 13.6. The van der Waals surface area contributed by atoms with Crippen LogP contribution in [0.15, 0.2) is 24.6 Å². The van der Waals surface area contributed by atoms with E-state index in [0.717, 1.165) is 0 Å². The maximum Gasteiger partial charge on any atom is 0.100 e. The third-order valence-corrected chi connectivity index (χ3v) is 9.75. The van der Waals surface area contributed by atoms with Crippen molar-refractivity contribution in [3.8, 4) is 0 Å². The van der Waals surface area contributed by atoms with Crippen LogP contribution >= 0.6 is 0 Å². The second-order valence-corrected chi connectivity index (χ2v) is 12.0. The molecule has 0 radical (unpaired) electrons. The molecule has 0 amide bonds. The Balaban J connectivity index is 3.76. The molecule has 0 aliphatic heterocycles. The molecule has 0 saturated carbocycles. The molecule has 24 heavy (non-hydrogen) atoms. The van der Waals surface area contributed by atoms with E-state index in [9.17, 15) is 0 Å². The van der Waals surface area contributed by atoms with Gasteiger partial charge in [0.05, 0.1) is 0 Å². The lowest BCUT2D eigenvalue weighted by Crippen LogP contribution is -2.29. The smallest absolute Gasteiger partial charge is 0.100 e. The van der Waals surface area contributed by atoms with Gasteiger partial charge in [0.15, 0.2) is 0 Å². The number of hydrogen-bond acceptors (Lipinski definition) is 0. The summed E-state index contributed by atoms with van der Waals surface area (Å²) in [5, 5.41) is 0. The molecule has 0 aliphatic rings. The van der Waals surface area contributed by atoms with E-state index < -0.39 is 8.07 Å². The van der Waals surface area contributed by atoms with Crippen molar-refractivity contribution >= 4 is 8.07 Å². The van der Waals surface area contributed by atoms with Crippen LogP contribution in [0.3, 0.4) is 0 Å². The van der Waals surface area contributed by atoms with E-state index in [1.165, 1.54) is 108 Å². The summed E-state index contributed by atoms with van der Waals surface area (Å²) in [4.78, 5) is 0. The highest BCUT2D eigenvalue weighted by Crippen LogP contribution is 2.25. The summed E-state index contributed by atoms with van der Waals surface area (Å²) in [7, 11) is -1.37. The number of unbranched alkanes of at least 4 members (excludes halogenated alkanes) is 13. The van der Waals surface area contributed by atoms with Crippen molar-refractivity contribution in [1.29, 1.82) is 0 Å². The zero-order chi connectivity index (χ0) is 17.9. The van der Waals surface area contributed by atoms with Gasteiger partial charge in [-0.2, -0.15) is 0 Å². The zero-order valence-electron chi connectivity index (χ0n) is 17.1. The van der Waals surface area contributed by atoms with Crippen molar-refractivity contribution in [2.45, 2.75) is 122 Å². The molecule has 0 atom stereocenters. The van der Waals surface area contributed by atoms with Crippen LogP contribution in [-0.2, 0) is 0 Å². The van der Waals surface area contributed by atoms with E-state index in [-0.39, 0.29) is 0 Å². The predicted molar refractivity (Wildman–Crippen MR) is 116 cm³/mol. The first kappa shape index (κ1) is 23.7. The Labute approximate surface area is 155 Å². The Morgan fingerprint density at radius 3 is 1.08 bits per heavy atom. The van der Waals surface area contributed by atoms with E-state index in [0.29, 0.717) is 0 Å². The van der Waals surface area contributed by atoms with Gasteiger partial charge in [-0.15, -0.1) is 13.2 Å². The lowest BCUT2D eigenvalue weighted by molar-refractivity contribution is 0.583. The molecule has 0 unspecified atom stereocenters. The van der Waals surface area contributed by atoms with E-state index in [2.05, 4.69) is 38.4 Å². The molecule has 0 heterocycles. The Kier molecular flexibility index (Phi) is 17.3. The molecule has 0 bridgehead atoms. The highest BCUT2D eigenvalue weighted by atomic mass is 28.3. The molecule has 0 aliphatic carbocycles. The van der Waals surface area contributed by atoms with Crippen molar-refractivity contribution in [3.63, 3.8) is 0 Å². The number of rotatable bonds is 19. The van der Waals surface area contributed by atoms with Gasteiger partial charge in [-0.05, 0) is 0 Å². The average molecular weight is 351 g/mol. The highest BCUT2D eigenvalue weighted by molar-refractivity contribution is 6.88. The van der Waals surface area contributed by atoms with Crippen LogP contribution in [0.25, 0.3) is 0 Å². The molecule has 1 heteroatoms. The van der Waals surface area contributed by atoms with Gasteiger partial charge < -0.3 is 0 Å². The SMILES string of the molecule is C=C[Si](C=C)(CCCCCCCCC)CCCCCCCCCC. The first-order valence-electron chi connectivity index (χ1n) is 11.0. The van der Waals surface area contributed by atoms with Crippen LogP contribution in [0, 0.1) is 0 Å². The predicted octanol–water partition coefficient (Wildman–Crippen LogP) is 8.78. The highest BCUT2D eigenvalue weighted by Gasteiger charge is 2.24. The molecule has 0 spiro atoms. The standard InChI is InChI=1S/C23H46Si/c1-5-9-11-13-15-17-19-21-23-24(7-3,8-4)22-20-18-16-14-12-10-6-2/h7-8H,3-6,9-23H2,1-2H3. The second kappa shape index (κ2) is 17.5. The molecule has 0 nitrogen and oxygen atoms in total. The van der Waals surface area contributed by atoms with Crippen molar-refractivity contribution in [2.24, 2.45) is 0 Å². The van der Waals surface area contributed by atoms with Crippen molar-refractivity contribution in [2.75, 3.05) is 0 Å². The van der Waals surface area contributed by atoms with Gasteiger partial charge in [0.25, 0.3) is 0 Å². The average Bonchev–Trinajstić information content (AvgIpc) is 2.61. The number of hydrogen-bond donors (Lipinski definition) is 0. The first-order chi connectivity index (χ1) is 11.7. The lowest BCUT2D eigenvalue weighted by atomic mass is 10.1.